The molecule has 0 aliphatic carbocycles. The molecule has 156 valence electrons. The number of benzene rings is 3. The normalized spacial score (nSPS) is 10.9. The van der Waals surface area contributed by atoms with Gasteiger partial charge in [-0.3, -0.25) is 14.2 Å². The van der Waals surface area contributed by atoms with E-state index >= 15 is 0 Å². The van der Waals surface area contributed by atoms with E-state index in [-0.39, 0.29) is 29.5 Å². The topological polar surface area (TPSA) is 61.2 Å². The molecule has 0 aliphatic rings. The van der Waals surface area contributed by atoms with Crippen molar-refractivity contribution in [2.75, 3.05) is 12.9 Å². The molecule has 0 N–H and O–H groups in total. The number of nitrogens with zero attached hydrogens (tertiary/aromatic N) is 2. The molecule has 4 rings (SSSR count). The van der Waals surface area contributed by atoms with Gasteiger partial charge in [0.1, 0.15) is 11.6 Å². The van der Waals surface area contributed by atoms with E-state index in [0.717, 1.165) is 5.56 Å². The SMILES string of the molecule is COc1ccccc1C(=O)CSc1nc2ccccc2c(=O)n1Cc1ccc(F)cc1. The number of ether oxygens (including phenoxy) is 1. The Balaban J connectivity index is 1.69. The monoisotopic (exact) mass is 434 g/mol. The van der Waals surface area contributed by atoms with Gasteiger partial charge in [-0.1, -0.05) is 48.2 Å². The number of ketones is 1. The molecule has 0 spiro atoms. The number of carbonyl (C=O) groups is 1. The van der Waals surface area contributed by atoms with Crippen molar-refractivity contribution in [2.45, 2.75) is 11.7 Å². The number of aromatic nitrogens is 2. The van der Waals surface area contributed by atoms with E-state index in [1.54, 1.807) is 54.6 Å². The highest BCUT2D eigenvalue weighted by Crippen LogP contribution is 2.23. The lowest BCUT2D eigenvalue weighted by molar-refractivity contribution is 0.101. The second-order valence-electron chi connectivity index (χ2n) is 6.84. The molecule has 0 atom stereocenters. The summed E-state index contributed by atoms with van der Waals surface area (Å²) < 4.78 is 20.1. The summed E-state index contributed by atoms with van der Waals surface area (Å²) in [4.78, 5) is 30.6. The van der Waals surface area contributed by atoms with Crippen molar-refractivity contribution in [1.29, 1.82) is 0 Å². The van der Waals surface area contributed by atoms with Crippen LogP contribution in [0.4, 0.5) is 4.39 Å². The smallest absolute Gasteiger partial charge is 0.262 e. The molecule has 0 radical (unpaired) electrons. The molecule has 3 aromatic carbocycles. The summed E-state index contributed by atoms with van der Waals surface area (Å²) in [6.07, 6.45) is 0. The molecule has 0 fully saturated rings. The van der Waals surface area contributed by atoms with Gasteiger partial charge in [0.05, 0.1) is 35.9 Å². The predicted octanol–water partition coefficient (Wildman–Crippen LogP) is 4.57. The van der Waals surface area contributed by atoms with Crippen molar-refractivity contribution in [2.24, 2.45) is 0 Å². The lowest BCUT2D eigenvalue weighted by atomic mass is 10.1. The van der Waals surface area contributed by atoms with E-state index in [9.17, 15) is 14.0 Å². The van der Waals surface area contributed by atoms with Crippen molar-refractivity contribution in [3.63, 3.8) is 0 Å². The Labute approximate surface area is 182 Å². The summed E-state index contributed by atoms with van der Waals surface area (Å²) in [6.45, 7) is 0.224. The molecule has 5 nitrogen and oxygen atoms in total. The van der Waals surface area contributed by atoms with E-state index in [0.29, 0.717) is 27.4 Å². The first kappa shape index (κ1) is 20.8. The van der Waals surface area contributed by atoms with Gasteiger partial charge in [-0.05, 0) is 42.0 Å². The summed E-state index contributed by atoms with van der Waals surface area (Å²) in [6, 6.07) is 20.1. The van der Waals surface area contributed by atoms with Gasteiger partial charge in [-0.25, -0.2) is 9.37 Å². The molecule has 7 heteroatoms. The molecule has 31 heavy (non-hydrogen) atoms. The summed E-state index contributed by atoms with van der Waals surface area (Å²) in [5.41, 5.74) is 1.60. The van der Waals surface area contributed by atoms with Crippen LogP contribution in [0.3, 0.4) is 0 Å². The average molecular weight is 434 g/mol. The number of rotatable bonds is 7. The largest absolute Gasteiger partial charge is 0.496 e. The van der Waals surface area contributed by atoms with Crippen LogP contribution in [0.15, 0.2) is 82.7 Å². The Morgan fingerprint density at radius 2 is 1.74 bits per heavy atom. The van der Waals surface area contributed by atoms with Crippen molar-refractivity contribution in [3.8, 4) is 5.75 Å². The molecule has 1 heterocycles. The van der Waals surface area contributed by atoms with Gasteiger partial charge in [-0.15, -0.1) is 0 Å². The number of halogens is 1. The quantitative estimate of drug-likeness (QED) is 0.242. The first-order valence-corrected chi connectivity index (χ1v) is 10.6. The third-order valence-electron chi connectivity index (χ3n) is 4.82. The van der Waals surface area contributed by atoms with E-state index in [2.05, 4.69) is 4.98 Å². The van der Waals surface area contributed by atoms with Crippen LogP contribution in [0.2, 0.25) is 0 Å². The Bertz CT molecular complexity index is 1300. The van der Waals surface area contributed by atoms with Crippen LogP contribution >= 0.6 is 11.8 Å². The van der Waals surface area contributed by atoms with Gasteiger partial charge in [0.15, 0.2) is 10.9 Å². The second-order valence-corrected chi connectivity index (χ2v) is 7.78. The fraction of sp³-hybridized carbons (Fsp3) is 0.125. The fourth-order valence-electron chi connectivity index (χ4n) is 3.25. The van der Waals surface area contributed by atoms with E-state index in [1.807, 2.05) is 6.07 Å². The molecular weight excluding hydrogens is 415 g/mol. The van der Waals surface area contributed by atoms with Crippen molar-refractivity contribution in [3.05, 3.63) is 100 Å². The molecule has 0 bridgehead atoms. The number of hydrogen-bond donors (Lipinski definition) is 0. The first-order valence-electron chi connectivity index (χ1n) is 9.60. The van der Waals surface area contributed by atoms with Crippen molar-refractivity contribution >= 4 is 28.4 Å². The maximum atomic E-state index is 13.3. The fourth-order valence-corrected chi connectivity index (χ4v) is 4.13. The number of carbonyl (C=O) groups excluding carboxylic acids is 1. The second kappa shape index (κ2) is 9.14. The highest BCUT2D eigenvalue weighted by Gasteiger charge is 2.16. The minimum Gasteiger partial charge on any atom is -0.496 e. The van der Waals surface area contributed by atoms with Gasteiger partial charge in [0.2, 0.25) is 0 Å². The zero-order valence-corrected chi connectivity index (χ0v) is 17.6. The average Bonchev–Trinajstić information content (AvgIpc) is 2.80. The summed E-state index contributed by atoms with van der Waals surface area (Å²) >= 11 is 1.19. The van der Waals surface area contributed by atoms with Crippen LogP contribution in [0.5, 0.6) is 5.75 Å². The number of Topliss-reactive ketones (excluding diaryl/α,β-unsaturated/α-hetero) is 1. The maximum absolute atomic E-state index is 13.3. The van der Waals surface area contributed by atoms with Crippen LogP contribution in [0, 0.1) is 5.82 Å². The third kappa shape index (κ3) is 4.51. The first-order chi connectivity index (χ1) is 15.1. The summed E-state index contributed by atoms with van der Waals surface area (Å²) in [5.74, 6) is 0.125. The van der Waals surface area contributed by atoms with Gasteiger partial charge >= 0.3 is 0 Å². The standard InChI is InChI=1S/C24H19FN2O3S/c1-30-22-9-5-3-7-19(22)21(28)15-31-24-26-20-8-4-2-6-18(20)23(29)27(24)14-16-10-12-17(25)13-11-16/h2-13H,14-15H2,1H3. The lowest BCUT2D eigenvalue weighted by Crippen LogP contribution is -2.24. The highest BCUT2D eigenvalue weighted by atomic mass is 32.2. The number of para-hydroxylation sites is 2. The van der Waals surface area contributed by atoms with Gasteiger partial charge < -0.3 is 4.74 Å². The van der Waals surface area contributed by atoms with Gasteiger partial charge in [-0.2, -0.15) is 0 Å². The highest BCUT2D eigenvalue weighted by molar-refractivity contribution is 7.99. The molecule has 0 amide bonds. The Morgan fingerprint density at radius 1 is 1.03 bits per heavy atom. The Kier molecular flexibility index (Phi) is 6.13. The number of thioether (sulfide) groups is 1. The number of hydrogen-bond acceptors (Lipinski definition) is 5. The molecule has 0 saturated heterocycles. The van der Waals surface area contributed by atoms with Crippen LogP contribution < -0.4 is 10.3 Å². The summed E-state index contributed by atoms with van der Waals surface area (Å²) in [5, 5.41) is 0.918. The minimum atomic E-state index is -0.343. The zero-order valence-electron chi connectivity index (χ0n) is 16.7. The van der Waals surface area contributed by atoms with Crippen molar-refractivity contribution in [1.82, 2.24) is 9.55 Å². The lowest BCUT2D eigenvalue weighted by Gasteiger charge is -2.13. The molecule has 4 aromatic rings. The Morgan fingerprint density at radius 3 is 2.52 bits per heavy atom. The summed E-state index contributed by atoms with van der Waals surface area (Å²) in [7, 11) is 1.52. The molecule has 0 aliphatic heterocycles. The predicted molar refractivity (Wildman–Crippen MR) is 120 cm³/mol. The zero-order chi connectivity index (χ0) is 21.8. The van der Waals surface area contributed by atoms with Crippen LogP contribution in [-0.4, -0.2) is 28.2 Å². The van der Waals surface area contributed by atoms with Gasteiger partial charge in [0.25, 0.3) is 5.56 Å². The molecule has 0 unspecified atom stereocenters. The van der Waals surface area contributed by atoms with E-state index < -0.39 is 0 Å². The molecular formula is C24H19FN2O3S. The Hall–Kier alpha value is -3.45. The van der Waals surface area contributed by atoms with Crippen LogP contribution in [0.1, 0.15) is 15.9 Å². The van der Waals surface area contributed by atoms with E-state index in [1.165, 1.54) is 35.6 Å². The molecule has 1 aromatic heterocycles. The van der Waals surface area contributed by atoms with Crippen molar-refractivity contribution < 1.29 is 13.9 Å². The van der Waals surface area contributed by atoms with Gasteiger partial charge in [0, 0.05) is 0 Å². The maximum Gasteiger partial charge on any atom is 0.262 e. The third-order valence-corrected chi connectivity index (χ3v) is 5.80. The number of fused-ring (bicyclic) bond motifs is 1. The van der Waals surface area contributed by atoms with Crippen LogP contribution in [-0.2, 0) is 6.54 Å². The van der Waals surface area contributed by atoms with Crippen LogP contribution in [0.25, 0.3) is 10.9 Å². The molecule has 0 saturated carbocycles. The number of methoxy groups -OCH3 is 1. The minimum absolute atomic E-state index is 0.0918. The van der Waals surface area contributed by atoms with E-state index in [4.69, 9.17) is 4.74 Å².